The molecule has 0 atom stereocenters. The van der Waals surface area contributed by atoms with Gasteiger partial charge in [-0.3, -0.25) is 0 Å². The van der Waals surface area contributed by atoms with Crippen LogP contribution in [-0.4, -0.2) is 0 Å². The normalized spacial score (nSPS) is 11.3. The van der Waals surface area contributed by atoms with Crippen molar-refractivity contribution < 1.29 is 4.42 Å². The molecule has 2 aromatic rings. The molecule has 4 heteroatoms. The molecule has 1 heterocycles. The number of benzene rings is 1. The van der Waals surface area contributed by atoms with Crippen molar-refractivity contribution in [3.05, 3.63) is 56.4 Å². The number of nitriles is 1. The van der Waals surface area contributed by atoms with Crippen LogP contribution in [0.25, 0.3) is 11.6 Å². The average Bonchev–Trinajstić information content (AvgIpc) is 2.67. The van der Waals surface area contributed by atoms with Gasteiger partial charge in [0, 0.05) is 0 Å². The van der Waals surface area contributed by atoms with E-state index < -0.39 is 0 Å². The van der Waals surface area contributed by atoms with Gasteiger partial charge in [0.1, 0.15) is 5.76 Å². The van der Waals surface area contributed by atoms with Gasteiger partial charge in [0.25, 0.3) is 0 Å². The molecule has 0 spiro atoms. The highest BCUT2D eigenvalue weighted by Gasteiger charge is 2.06. The molecule has 90 valence electrons. The quantitative estimate of drug-likeness (QED) is 0.687. The number of allylic oxidation sites excluding steroid dienone is 1. The van der Waals surface area contributed by atoms with Crippen LogP contribution in [0.15, 0.2) is 43.9 Å². The van der Waals surface area contributed by atoms with Crippen LogP contribution in [0, 0.1) is 18.3 Å². The lowest BCUT2D eigenvalue weighted by Gasteiger charge is -1.99. The van der Waals surface area contributed by atoms with Gasteiger partial charge in [-0.2, -0.15) is 5.26 Å². The third-order valence-corrected chi connectivity index (χ3v) is 4.14. The molecule has 0 radical (unpaired) electrons. The lowest BCUT2D eigenvalue weighted by Crippen LogP contribution is -1.81. The molecular formula is C14H9Br2NO. The highest BCUT2D eigenvalue weighted by atomic mass is 79.9. The van der Waals surface area contributed by atoms with Gasteiger partial charge < -0.3 is 4.42 Å². The number of aryl methyl sites for hydroxylation is 1. The first-order valence-electron chi connectivity index (χ1n) is 5.24. The fourth-order valence-corrected chi connectivity index (χ4v) is 2.10. The third kappa shape index (κ3) is 2.92. The van der Waals surface area contributed by atoms with Crippen molar-refractivity contribution >= 4 is 43.5 Å². The Hall–Kier alpha value is -1.31. The van der Waals surface area contributed by atoms with Gasteiger partial charge >= 0.3 is 0 Å². The number of hydrogen-bond acceptors (Lipinski definition) is 2. The minimum atomic E-state index is 0.573. The van der Waals surface area contributed by atoms with E-state index >= 15 is 0 Å². The summed E-state index contributed by atoms with van der Waals surface area (Å²) in [5, 5.41) is 9.20. The molecule has 2 rings (SSSR count). The molecule has 0 bridgehead atoms. The Morgan fingerprint density at radius 2 is 1.94 bits per heavy atom. The molecule has 0 amide bonds. The van der Waals surface area contributed by atoms with E-state index in [1.54, 1.807) is 6.08 Å². The topological polar surface area (TPSA) is 36.9 Å². The molecule has 0 aliphatic rings. The van der Waals surface area contributed by atoms with Crippen molar-refractivity contribution in [2.45, 2.75) is 6.92 Å². The maximum Gasteiger partial charge on any atom is 0.184 e. The number of hydrogen-bond donors (Lipinski definition) is 0. The van der Waals surface area contributed by atoms with E-state index in [4.69, 9.17) is 4.42 Å². The molecular weight excluding hydrogens is 358 g/mol. The van der Waals surface area contributed by atoms with E-state index in [-0.39, 0.29) is 0 Å². The summed E-state index contributed by atoms with van der Waals surface area (Å²) in [6.45, 7) is 2.01. The van der Waals surface area contributed by atoms with Crippen molar-refractivity contribution in [2.24, 2.45) is 0 Å². The molecule has 0 fully saturated rings. The number of furan rings is 1. The molecule has 2 nitrogen and oxygen atoms in total. The van der Waals surface area contributed by atoms with Crippen LogP contribution >= 0.6 is 31.9 Å². The predicted octanol–water partition coefficient (Wildman–Crippen LogP) is 5.18. The second-order valence-corrected chi connectivity index (χ2v) is 5.38. The van der Waals surface area contributed by atoms with E-state index in [9.17, 15) is 5.26 Å². The van der Waals surface area contributed by atoms with Crippen molar-refractivity contribution in [1.82, 2.24) is 0 Å². The number of nitrogens with zero attached hydrogens (tertiary/aromatic N) is 1. The Morgan fingerprint density at radius 1 is 1.28 bits per heavy atom. The van der Waals surface area contributed by atoms with Crippen LogP contribution in [0.5, 0.6) is 0 Å². The third-order valence-electron chi connectivity index (χ3n) is 2.43. The summed E-state index contributed by atoms with van der Waals surface area (Å²) in [6, 6.07) is 11.8. The summed E-state index contributed by atoms with van der Waals surface area (Å²) in [5.41, 5.74) is 2.62. The lowest BCUT2D eigenvalue weighted by molar-refractivity contribution is 0.530. The van der Waals surface area contributed by atoms with E-state index in [1.165, 1.54) is 5.56 Å². The molecule has 0 aliphatic heterocycles. The molecule has 1 aromatic carbocycles. The van der Waals surface area contributed by atoms with E-state index in [2.05, 4.69) is 37.9 Å². The zero-order chi connectivity index (χ0) is 13.1. The van der Waals surface area contributed by atoms with Gasteiger partial charge in [0.15, 0.2) is 4.67 Å². The molecule has 0 aliphatic carbocycles. The summed E-state index contributed by atoms with van der Waals surface area (Å²) >= 11 is 6.61. The van der Waals surface area contributed by atoms with Gasteiger partial charge in [0.2, 0.25) is 0 Å². The first kappa shape index (κ1) is 13.1. The number of rotatable bonds is 2. The Labute approximate surface area is 122 Å². The maximum absolute atomic E-state index is 9.20. The van der Waals surface area contributed by atoms with E-state index in [0.29, 0.717) is 16.0 Å². The Bertz CT molecular complexity index is 613. The lowest BCUT2D eigenvalue weighted by atomic mass is 10.0. The summed E-state index contributed by atoms with van der Waals surface area (Å²) in [5.74, 6) is 0.630. The monoisotopic (exact) mass is 365 g/mol. The minimum absolute atomic E-state index is 0.573. The van der Waals surface area contributed by atoms with Gasteiger partial charge in [-0.1, -0.05) is 29.8 Å². The van der Waals surface area contributed by atoms with Crippen LogP contribution in [0.3, 0.4) is 0 Å². The SMILES string of the molecule is Cc1ccc(/C(C#N)=C\c2cc(Br)c(Br)o2)cc1. The van der Waals surface area contributed by atoms with E-state index in [0.717, 1.165) is 10.0 Å². The number of halogens is 2. The highest BCUT2D eigenvalue weighted by Crippen LogP contribution is 2.29. The van der Waals surface area contributed by atoms with Gasteiger partial charge in [-0.15, -0.1) is 0 Å². The first-order valence-corrected chi connectivity index (χ1v) is 6.82. The maximum atomic E-state index is 9.20. The smallest absolute Gasteiger partial charge is 0.184 e. The largest absolute Gasteiger partial charge is 0.449 e. The predicted molar refractivity (Wildman–Crippen MR) is 78.8 cm³/mol. The fraction of sp³-hybridized carbons (Fsp3) is 0.0714. The summed E-state index contributed by atoms with van der Waals surface area (Å²) < 4.78 is 6.88. The van der Waals surface area contributed by atoms with Crippen LogP contribution in [0.1, 0.15) is 16.9 Å². The summed E-state index contributed by atoms with van der Waals surface area (Å²) in [4.78, 5) is 0. The second kappa shape index (κ2) is 5.55. The molecule has 0 saturated carbocycles. The molecule has 0 unspecified atom stereocenters. The molecule has 1 aromatic heterocycles. The Kier molecular flexibility index (Phi) is 4.05. The Morgan fingerprint density at radius 3 is 2.44 bits per heavy atom. The van der Waals surface area contributed by atoms with Gasteiger partial charge in [-0.25, -0.2) is 0 Å². The molecule has 0 saturated heterocycles. The zero-order valence-electron chi connectivity index (χ0n) is 9.58. The van der Waals surface area contributed by atoms with Gasteiger partial charge in [0.05, 0.1) is 16.1 Å². The minimum Gasteiger partial charge on any atom is -0.449 e. The summed E-state index contributed by atoms with van der Waals surface area (Å²) in [6.07, 6.45) is 1.72. The van der Waals surface area contributed by atoms with Crippen molar-refractivity contribution in [1.29, 1.82) is 5.26 Å². The fourth-order valence-electron chi connectivity index (χ4n) is 1.49. The van der Waals surface area contributed by atoms with Crippen molar-refractivity contribution in [2.75, 3.05) is 0 Å². The Balaban J connectivity index is 2.40. The molecule has 0 N–H and O–H groups in total. The standard InChI is InChI=1S/C14H9Br2NO/c1-9-2-4-10(5-3-9)11(8-17)6-12-7-13(15)14(16)18-12/h2-7H,1H3/b11-6-. The van der Waals surface area contributed by atoms with Crippen molar-refractivity contribution in [3.63, 3.8) is 0 Å². The van der Waals surface area contributed by atoms with Crippen LogP contribution < -0.4 is 0 Å². The average molecular weight is 367 g/mol. The van der Waals surface area contributed by atoms with Crippen LogP contribution in [-0.2, 0) is 0 Å². The van der Waals surface area contributed by atoms with Gasteiger partial charge in [-0.05, 0) is 56.5 Å². The first-order chi connectivity index (χ1) is 8.60. The summed E-state index contributed by atoms with van der Waals surface area (Å²) in [7, 11) is 0. The van der Waals surface area contributed by atoms with Crippen molar-refractivity contribution in [3.8, 4) is 6.07 Å². The molecule has 18 heavy (non-hydrogen) atoms. The second-order valence-electron chi connectivity index (χ2n) is 3.81. The van der Waals surface area contributed by atoms with E-state index in [1.807, 2.05) is 37.3 Å². The highest BCUT2D eigenvalue weighted by molar-refractivity contribution is 9.13. The van der Waals surface area contributed by atoms with Crippen LogP contribution in [0.2, 0.25) is 0 Å². The zero-order valence-corrected chi connectivity index (χ0v) is 12.7. The van der Waals surface area contributed by atoms with Crippen LogP contribution in [0.4, 0.5) is 0 Å².